The van der Waals surface area contributed by atoms with E-state index in [2.05, 4.69) is 10.6 Å². The van der Waals surface area contributed by atoms with Crippen molar-refractivity contribution in [1.29, 1.82) is 0 Å². The van der Waals surface area contributed by atoms with Crippen molar-refractivity contribution in [2.45, 2.75) is 113 Å². The molecule has 0 bridgehead atoms. The third-order valence-corrected chi connectivity index (χ3v) is 8.18. The first kappa shape index (κ1) is 34.9. The lowest BCUT2D eigenvalue weighted by molar-refractivity contribution is -0.273. The molecule has 18 heteroatoms. The minimum Gasteiger partial charge on any atom is -0.465 e. The van der Waals surface area contributed by atoms with Gasteiger partial charge in [0.1, 0.15) is 0 Å². The maximum Gasteiger partial charge on any atom is 0.425 e. The Kier molecular flexibility index (Phi) is 10.7. The number of carbonyl (C=O) groups is 2. The highest BCUT2D eigenvalue weighted by atomic mass is 19.4. The second-order valence-electron chi connectivity index (χ2n) is 10.9. The Labute approximate surface area is 226 Å². The lowest BCUT2D eigenvalue weighted by Gasteiger charge is -2.53. The summed E-state index contributed by atoms with van der Waals surface area (Å²) in [6.45, 7) is 0. The minimum atomic E-state index is -6.17. The number of rotatable bonds is 10. The quantitative estimate of drug-likeness (QED) is 0.189. The Balaban J connectivity index is 2.62. The standard InChI is InChI=1S/C23H30F12N2O4/c24-15(22(30,31)32)20(26,27)9-19(10-21(28,29)16(25)23(33,34)35,11-1-5-13(6-2-11)36-17(38)39)12-3-7-14(8-4-12)37-18(40)41/h11-16,36-37H,1-10H2,(H,38,39)(H,40,41). The molecule has 0 radical (unpaired) electrons. The fraction of sp³-hybridized carbons (Fsp3) is 0.913. The van der Waals surface area contributed by atoms with Crippen LogP contribution in [-0.2, 0) is 0 Å². The number of alkyl halides is 12. The Morgan fingerprint density at radius 2 is 0.854 bits per heavy atom. The Morgan fingerprint density at radius 3 is 1.07 bits per heavy atom. The lowest BCUT2D eigenvalue weighted by atomic mass is 9.53. The van der Waals surface area contributed by atoms with Gasteiger partial charge < -0.3 is 20.8 Å². The van der Waals surface area contributed by atoms with Gasteiger partial charge in [-0.15, -0.1) is 0 Å². The van der Waals surface area contributed by atoms with Gasteiger partial charge >= 0.3 is 24.5 Å². The van der Waals surface area contributed by atoms with E-state index in [1.54, 1.807) is 0 Å². The van der Waals surface area contributed by atoms with E-state index in [9.17, 15) is 62.3 Å². The average molecular weight is 626 g/mol. The molecule has 0 spiro atoms. The van der Waals surface area contributed by atoms with Crippen LogP contribution in [0.25, 0.3) is 0 Å². The van der Waals surface area contributed by atoms with Crippen LogP contribution in [0.5, 0.6) is 0 Å². The molecule has 2 unspecified atom stereocenters. The fourth-order valence-corrected chi connectivity index (χ4v) is 6.48. The number of carboxylic acid groups (broad SMARTS) is 2. The van der Waals surface area contributed by atoms with E-state index in [0.29, 0.717) is 0 Å². The first-order valence-electron chi connectivity index (χ1n) is 12.7. The molecule has 2 aliphatic rings. The second kappa shape index (κ2) is 12.5. The first-order valence-corrected chi connectivity index (χ1v) is 12.7. The van der Waals surface area contributed by atoms with Gasteiger partial charge in [-0.1, -0.05) is 0 Å². The van der Waals surface area contributed by atoms with Crippen molar-refractivity contribution in [1.82, 2.24) is 10.6 Å². The van der Waals surface area contributed by atoms with E-state index in [1.807, 2.05) is 0 Å². The van der Waals surface area contributed by atoms with Crippen molar-refractivity contribution in [3.05, 3.63) is 0 Å². The smallest absolute Gasteiger partial charge is 0.425 e. The summed E-state index contributed by atoms with van der Waals surface area (Å²) in [7, 11) is 0. The van der Waals surface area contributed by atoms with E-state index in [0.717, 1.165) is 0 Å². The molecule has 4 N–H and O–H groups in total. The highest BCUT2D eigenvalue weighted by Gasteiger charge is 2.66. The SMILES string of the molecule is O=C(O)NC1CCC(C(CC(F)(F)C(F)C(F)(F)F)(CC(F)(F)C(F)C(F)(F)F)C2CCC(NC(=O)O)CC2)CC1. The molecule has 2 rings (SSSR count). The minimum absolute atomic E-state index is 0.220. The van der Waals surface area contributed by atoms with Crippen LogP contribution in [0.15, 0.2) is 0 Å². The van der Waals surface area contributed by atoms with Crippen LogP contribution < -0.4 is 10.6 Å². The van der Waals surface area contributed by atoms with Gasteiger partial charge in [-0.2, -0.15) is 26.3 Å². The fourth-order valence-electron chi connectivity index (χ4n) is 6.48. The Morgan fingerprint density at radius 1 is 0.585 bits per heavy atom. The van der Waals surface area contributed by atoms with E-state index < -0.39 is 117 Å². The van der Waals surface area contributed by atoms with Crippen molar-refractivity contribution < 1.29 is 72.5 Å². The molecule has 41 heavy (non-hydrogen) atoms. The maximum absolute atomic E-state index is 15.0. The molecule has 0 aromatic rings. The summed E-state index contributed by atoms with van der Waals surface area (Å²) in [5.41, 5.74) is -2.87. The summed E-state index contributed by atoms with van der Waals surface area (Å²) in [5.74, 6) is -13.8. The number of amides is 2. The molecule has 2 saturated carbocycles. The van der Waals surface area contributed by atoms with Crippen LogP contribution in [0.1, 0.15) is 64.2 Å². The van der Waals surface area contributed by atoms with Crippen LogP contribution in [-0.4, -0.2) is 71.0 Å². The molecular weight excluding hydrogens is 596 g/mol. The summed E-state index contributed by atoms with van der Waals surface area (Å²) in [6.07, 6.45) is -32.2. The summed E-state index contributed by atoms with van der Waals surface area (Å²) in [5, 5.41) is 22.0. The molecule has 0 aliphatic heterocycles. The second-order valence-corrected chi connectivity index (χ2v) is 10.9. The highest BCUT2D eigenvalue weighted by Crippen LogP contribution is 2.60. The van der Waals surface area contributed by atoms with Crippen molar-refractivity contribution in [2.75, 3.05) is 0 Å². The van der Waals surface area contributed by atoms with Gasteiger partial charge in [0.15, 0.2) is 0 Å². The van der Waals surface area contributed by atoms with Crippen LogP contribution >= 0.6 is 0 Å². The van der Waals surface area contributed by atoms with Crippen LogP contribution in [0, 0.1) is 17.3 Å². The summed E-state index contributed by atoms with van der Waals surface area (Å²) < 4.78 is 166. The van der Waals surface area contributed by atoms with Crippen LogP contribution in [0.2, 0.25) is 0 Å². The molecule has 0 aromatic carbocycles. The van der Waals surface area contributed by atoms with Gasteiger partial charge in [0, 0.05) is 24.9 Å². The first-order chi connectivity index (χ1) is 18.5. The normalized spacial score (nSPS) is 27.8. The topological polar surface area (TPSA) is 98.7 Å². The number of hydrogen-bond acceptors (Lipinski definition) is 2. The van der Waals surface area contributed by atoms with Crippen LogP contribution in [0.4, 0.5) is 62.3 Å². The lowest BCUT2D eigenvalue weighted by Crippen LogP contribution is -2.55. The summed E-state index contributed by atoms with van der Waals surface area (Å²) in [6, 6.07) is -1.68. The van der Waals surface area contributed by atoms with Gasteiger partial charge in [0.05, 0.1) is 0 Å². The third kappa shape index (κ3) is 8.85. The number of halogens is 12. The zero-order chi connectivity index (χ0) is 31.6. The Bertz CT molecular complexity index is 826. The van der Waals surface area contributed by atoms with Crippen molar-refractivity contribution in [3.63, 3.8) is 0 Å². The van der Waals surface area contributed by atoms with Gasteiger partial charge in [-0.05, 0) is 68.6 Å². The molecule has 2 fully saturated rings. The third-order valence-electron chi connectivity index (χ3n) is 8.18. The molecule has 0 aromatic heterocycles. The van der Waals surface area contributed by atoms with Crippen molar-refractivity contribution in [2.24, 2.45) is 17.3 Å². The van der Waals surface area contributed by atoms with E-state index in [4.69, 9.17) is 10.2 Å². The molecule has 2 atom stereocenters. The molecule has 2 amide bonds. The predicted molar refractivity (Wildman–Crippen MR) is 117 cm³/mol. The van der Waals surface area contributed by atoms with E-state index in [1.165, 1.54) is 0 Å². The summed E-state index contributed by atoms with van der Waals surface area (Å²) >= 11 is 0. The number of hydrogen-bond donors (Lipinski definition) is 4. The maximum atomic E-state index is 15.0. The van der Waals surface area contributed by atoms with Crippen LogP contribution in [0.3, 0.4) is 0 Å². The van der Waals surface area contributed by atoms with Gasteiger partial charge in [-0.25, -0.2) is 35.9 Å². The molecule has 2 aliphatic carbocycles. The van der Waals surface area contributed by atoms with E-state index >= 15 is 0 Å². The zero-order valence-corrected chi connectivity index (χ0v) is 21.3. The predicted octanol–water partition coefficient (Wildman–Crippen LogP) is 7.48. The zero-order valence-electron chi connectivity index (χ0n) is 21.3. The number of nitrogens with one attached hydrogen (secondary N) is 2. The van der Waals surface area contributed by atoms with E-state index in [-0.39, 0.29) is 25.7 Å². The van der Waals surface area contributed by atoms with Crippen molar-refractivity contribution >= 4 is 12.2 Å². The highest BCUT2D eigenvalue weighted by molar-refractivity contribution is 5.65. The molecule has 0 heterocycles. The largest absolute Gasteiger partial charge is 0.465 e. The molecule has 6 nitrogen and oxygen atoms in total. The Hall–Kier alpha value is -2.30. The average Bonchev–Trinajstić information content (AvgIpc) is 2.81. The van der Waals surface area contributed by atoms with Gasteiger partial charge in [0.2, 0.25) is 0 Å². The van der Waals surface area contributed by atoms with Crippen molar-refractivity contribution in [3.8, 4) is 0 Å². The molecular formula is C23H30F12N2O4. The van der Waals surface area contributed by atoms with Gasteiger partial charge in [0.25, 0.3) is 24.2 Å². The monoisotopic (exact) mass is 626 g/mol. The summed E-state index contributed by atoms with van der Waals surface area (Å²) in [4.78, 5) is 21.9. The van der Waals surface area contributed by atoms with Gasteiger partial charge in [-0.3, -0.25) is 0 Å². The molecule has 240 valence electrons. The molecule has 0 saturated heterocycles.